The molecule has 1 N–H and O–H groups in total. The average molecular weight is 200 g/mol. The average Bonchev–Trinajstić information content (AvgIpc) is 2.29. The molecule has 0 saturated carbocycles. The highest BCUT2D eigenvalue weighted by molar-refractivity contribution is 4.76. The molecular weight excluding hydrogens is 176 g/mol. The molecule has 0 spiro atoms. The molecule has 0 aliphatic carbocycles. The Morgan fingerprint density at radius 2 is 2.14 bits per heavy atom. The first kappa shape index (κ1) is 12.0. The van der Waals surface area contributed by atoms with Gasteiger partial charge in [0.15, 0.2) is 0 Å². The van der Waals surface area contributed by atoms with Gasteiger partial charge < -0.3 is 10.0 Å². The van der Waals surface area contributed by atoms with E-state index in [1.54, 1.807) is 0 Å². The summed E-state index contributed by atoms with van der Waals surface area (Å²) in [4.78, 5) is 4.90. The smallest absolute Gasteiger partial charge is 0.0468 e. The van der Waals surface area contributed by atoms with E-state index in [1.165, 1.54) is 19.5 Å². The third kappa shape index (κ3) is 3.56. The molecule has 0 aromatic heterocycles. The largest absolute Gasteiger partial charge is 0.396 e. The van der Waals surface area contributed by atoms with E-state index in [1.807, 2.05) is 0 Å². The van der Waals surface area contributed by atoms with Crippen LogP contribution in [0.4, 0.5) is 0 Å². The monoisotopic (exact) mass is 200 g/mol. The molecule has 0 bridgehead atoms. The molecule has 1 saturated heterocycles. The fourth-order valence-electron chi connectivity index (χ4n) is 2.15. The Balaban J connectivity index is 2.42. The molecule has 14 heavy (non-hydrogen) atoms. The minimum absolute atomic E-state index is 0.305. The van der Waals surface area contributed by atoms with Gasteiger partial charge in [-0.25, -0.2) is 0 Å². The van der Waals surface area contributed by atoms with Crippen molar-refractivity contribution in [1.82, 2.24) is 9.80 Å². The molecule has 0 aromatic rings. The summed E-state index contributed by atoms with van der Waals surface area (Å²) in [7, 11) is 2.19. The molecule has 3 nitrogen and oxygen atoms in total. The van der Waals surface area contributed by atoms with E-state index in [0.717, 1.165) is 13.1 Å². The normalized spacial score (nSPS) is 28.7. The van der Waals surface area contributed by atoms with Gasteiger partial charge >= 0.3 is 0 Å². The van der Waals surface area contributed by atoms with Gasteiger partial charge in [-0.2, -0.15) is 0 Å². The molecule has 0 aromatic carbocycles. The van der Waals surface area contributed by atoms with Crippen LogP contribution < -0.4 is 0 Å². The van der Waals surface area contributed by atoms with E-state index in [4.69, 9.17) is 5.11 Å². The first-order valence-corrected chi connectivity index (χ1v) is 5.67. The topological polar surface area (TPSA) is 26.7 Å². The van der Waals surface area contributed by atoms with E-state index in [2.05, 4.69) is 30.7 Å². The summed E-state index contributed by atoms with van der Waals surface area (Å²) in [6.07, 6.45) is 1.25. The Morgan fingerprint density at radius 3 is 2.79 bits per heavy atom. The second-order valence-electron chi connectivity index (χ2n) is 4.75. The number of aliphatic hydroxyl groups excluding tert-OH is 1. The molecular formula is C11H24N2O. The minimum Gasteiger partial charge on any atom is -0.396 e. The Hall–Kier alpha value is -0.120. The van der Waals surface area contributed by atoms with Gasteiger partial charge in [-0.1, -0.05) is 6.92 Å². The maximum atomic E-state index is 9.04. The lowest BCUT2D eigenvalue weighted by Crippen LogP contribution is -2.40. The molecule has 2 atom stereocenters. The molecule has 2 unspecified atom stereocenters. The van der Waals surface area contributed by atoms with Crippen LogP contribution in [0, 0.1) is 5.92 Å². The second kappa shape index (κ2) is 5.69. The van der Waals surface area contributed by atoms with Crippen LogP contribution in [0.15, 0.2) is 0 Å². The predicted octanol–water partition coefficient (Wildman–Crippen LogP) is 0.641. The number of hydrogen-bond donors (Lipinski definition) is 1. The number of hydrogen-bond acceptors (Lipinski definition) is 3. The van der Waals surface area contributed by atoms with Crippen molar-refractivity contribution in [1.29, 1.82) is 0 Å². The van der Waals surface area contributed by atoms with Crippen molar-refractivity contribution in [3.8, 4) is 0 Å². The van der Waals surface area contributed by atoms with E-state index in [0.29, 0.717) is 18.6 Å². The summed E-state index contributed by atoms with van der Waals surface area (Å²) in [6.45, 7) is 9.26. The zero-order valence-corrected chi connectivity index (χ0v) is 9.74. The minimum atomic E-state index is 0.305. The van der Waals surface area contributed by atoms with Gasteiger partial charge in [-0.05, 0) is 39.4 Å². The van der Waals surface area contributed by atoms with Crippen LogP contribution in [-0.4, -0.2) is 60.8 Å². The van der Waals surface area contributed by atoms with Gasteiger partial charge in [0.25, 0.3) is 0 Å². The summed E-state index contributed by atoms with van der Waals surface area (Å²) in [5, 5.41) is 9.04. The summed E-state index contributed by atoms with van der Waals surface area (Å²) in [5.41, 5.74) is 0. The maximum Gasteiger partial charge on any atom is 0.0468 e. The van der Waals surface area contributed by atoms with Crippen LogP contribution in [0.25, 0.3) is 0 Å². The highest BCUT2D eigenvalue weighted by Gasteiger charge is 2.20. The molecule has 84 valence electrons. The maximum absolute atomic E-state index is 9.04. The van der Waals surface area contributed by atoms with Gasteiger partial charge in [0.1, 0.15) is 0 Å². The van der Waals surface area contributed by atoms with E-state index in [9.17, 15) is 0 Å². The molecule has 1 heterocycles. The van der Waals surface area contributed by atoms with Gasteiger partial charge in [0.2, 0.25) is 0 Å². The van der Waals surface area contributed by atoms with Gasteiger partial charge in [-0.3, -0.25) is 4.90 Å². The summed E-state index contributed by atoms with van der Waals surface area (Å²) >= 11 is 0. The van der Waals surface area contributed by atoms with Crippen molar-refractivity contribution in [2.75, 3.05) is 39.8 Å². The molecule has 0 radical (unpaired) electrons. The van der Waals surface area contributed by atoms with Crippen molar-refractivity contribution >= 4 is 0 Å². The standard InChI is InChI=1S/C11H24N2O/c1-10(9-14)7-13-6-4-5-12(3)8-11(13)2/h10-11,14H,4-9H2,1-3H3. The van der Waals surface area contributed by atoms with Crippen LogP contribution in [0.5, 0.6) is 0 Å². The van der Waals surface area contributed by atoms with E-state index in [-0.39, 0.29) is 0 Å². The van der Waals surface area contributed by atoms with Crippen LogP contribution in [-0.2, 0) is 0 Å². The van der Waals surface area contributed by atoms with Gasteiger partial charge in [-0.15, -0.1) is 0 Å². The number of aliphatic hydroxyl groups is 1. The van der Waals surface area contributed by atoms with Crippen molar-refractivity contribution in [3.63, 3.8) is 0 Å². The first-order valence-electron chi connectivity index (χ1n) is 5.67. The highest BCUT2D eigenvalue weighted by Crippen LogP contribution is 2.10. The first-order chi connectivity index (χ1) is 6.63. The zero-order valence-electron chi connectivity index (χ0n) is 9.74. The summed E-state index contributed by atoms with van der Waals surface area (Å²) < 4.78 is 0. The lowest BCUT2D eigenvalue weighted by Gasteiger charge is -2.29. The Kier molecular flexibility index (Phi) is 4.85. The fourth-order valence-corrected chi connectivity index (χ4v) is 2.15. The molecule has 1 aliphatic rings. The molecule has 3 heteroatoms. The second-order valence-corrected chi connectivity index (χ2v) is 4.75. The van der Waals surface area contributed by atoms with Crippen molar-refractivity contribution in [3.05, 3.63) is 0 Å². The molecule has 0 amide bonds. The van der Waals surface area contributed by atoms with Gasteiger partial charge in [0, 0.05) is 25.7 Å². The number of likely N-dealkylation sites (N-methyl/N-ethyl adjacent to an activating group) is 1. The van der Waals surface area contributed by atoms with Crippen LogP contribution in [0.2, 0.25) is 0 Å². The lowest BCUT2D eigenvalue weighted by atomic mass is 10.1. The van der Waals surface area contributed by atoms with E-state index < -0.39 is 0 Å². The molecule has 1 aliphatic heterocycles. The summed E-state index contributed by atoms with van der Waals surface area (Å²) in [6, 6.07) is 0.622. The quantitative estimate of drug-likeness (QED) is 0.724. The summed E-state index contributed by atoms with van der Waals surface area (Å²) in [5.74, 6) is 0.404. The molecule has 1 fully saturated rings. The highest BCUT2D eigenvalue weighted by atomic mass is 16.3. The Labute approximate surface area is 87.7 Å². The third-order valence-corrected chi connectivity index (χ3v) is 3.04. The van der Waals surface area contributed by atoms with E-state index >= 15 is 0 Å². The third-order valence-electron chi connectivity index (χ3n) is 3.04. The predicted molar refractivity (Wildman–Crippen MR) is 59.4 cm³/mol. The van der Waals surface area contributed by atoms with Crippen LogP contribution in [0.3, 0.4) is 0 Å². The Morgan fingerprint density at radius 1 is 1.43 bits per heavy atom. The molecule has 1 rings (SSSR count). The number of nitrogens with zero attached hydrogens (tertiary/aromatic N) is 2. The number of rotatable bonds is 3. The Bertz CT molecular complexity index is 163. The fraction of sp³-hybridized carbons (Fsp3) is 1.00. The van der Waals surface area contributed by atoms with Crippen molar-refractivity contribution < 1.29 is 5.11 Å². The van der Waals surface area contributed by atoms with Gasteiger partial charge in [0.05, 0.1) is 0 Å². The zero-order chi connectivity index (χ0) is 10.6. The lowest BCUT2D eigenvalue weighted by molar-refractivity contribution is 0.142. The van der Waals surface area contributed by atoms with Crippen LogP contribution >= 0.6 is 0 Å². The SMILES string of the molecule is CC(CO)CN1CCCN(C)CC1C. The van der Waals surface area contributed by atoms with Crippen LogP contribution in [0.1, 0.15) is 20.3 Å². The van der Waals surface area contributed by atoms with Crippen molar-refractivity contribution in [2.24, 2.45) is 5.92 Å². The van der Waals surface area contributed by atoms with Crippen molar-refractivity contribution in [2.45, 2.75) is 26.3 Å².